The van der Waals surface area contributed by atoms with Gasteiger partial charge >= 0.3 is 0 Å². The van der Waals surface area contributed by atoms with Crippen LogP contribution in [0.2, 0.25) is 0 Å². The molecule has 110 valence electrons. The van der Waals surface area contributed by atoms with Gasteiger partial charge in [0.2, 0.25) is 0 Å². The first-order chi connectivity index (χ1) is 10.5. The van der Waals surface area contributed by atoms with Crippen LogP contribution < -0.4 is 5.32 Å². The molecular formula is C17H14FN3O. The number of hydrogen-bond donors (Lipinski definition) is 1. The number of halogens is 1. The number of aryl methyl sites for hydroxylation is 2. The van der Waals surface area contributed by atoms with Crippen molar-refractivity contribution in [2.75, 3.05) is 5.32 Å². The first kappa shape index (κ1) is 14.1. The van der Waals surface area contributed by atoms with Crippen LogP contribution >= 0.6 is 0 Å². The molecule has 2 aromatic carbocycles. The van der Waals surface area contributed by atoms with Gasteiger partial charge in [-0.25, -0.2) is 14.4 Å². The van der Waals surface area contributed by atoms with E-state index in [-0.39, 0.29) is 5.91 Å². The summed E-state index contributed by atoms with van der Waals surface area (Å²) in [6.45, 7) is 3.77. The van der Waals surface area contributed by atoms with Gasteiger partial charge in [-0.1, -0.05) is 6.07 Å². The van der Waals surface area contributed by atoms with Gasteiger partial charge in [0.05, 0.1) is 22.4 Å². The highest BCUT2D eigenvalue weighted by atomic mass is 19.1. The number of aromatic nitrogens is 2. The van der Waals surface area contributed by atoms with Crippen molar-refractivity contribution in [3.63, 3.8) is 0 Å². The smallest absolute Gasteiger partial charge is 0.255 e. The van der Waals surface area contributed by atoms with Crippen LogP contribution in [0.15, 0.2) is 42.5 Å². The van der Waals surface area contributed by atoms with E-state index < -0.39 is 5.82 Å². The van der Waals surface area contributed by atoms with Gasteiger partial charge in [-0.05, 0) is 50.2 Å². The average Bonchev–Trinajstić information content (AvgIpc) is 2.48. The largest absolute Gasteiger partial charge is 0.322 e. The predicted octanol–water partition coefficient (Wildman–Crippen LogP) is 3.64. The number of carbonyl (C=O) groups is 1. The van der Waals surface area contributed by atoms with Crippen molar-refractivity contribution < 1.29 is 9.18 Å². The van der Waals surface area contributed by atoms with Gasteiger partial charge in [-0.15, -0.1) is 0 Å². The summed E-state index contributed by atoms with van der Waals surface area (Å²) in [7, 11) is 0. The summed E-state index contributed by atoms with van der Waals surface area (Å²) in [4.78, 5) is 21.1. The highest BCUT2D eigenvalue weighted by molar-refractivity contribution is 6.05. The fourth-order valence-electron chi connectivity index (χ4n) is 2.14. The Morgan fingerprint density at radius 3 is 2.45 bits per heavy atom. The number of benzene rings is 2. The Morgan fingerprint density at radius 1 is 1.00 bits per heavy atom. The third-order valence-corrected chi connectivity index (χ3v) is 3.42. The Bertz CT molecular complexity index is 877. The maximum atomic E-state index is 13.1. The number of carbonyl (C=O) groups excluding carboxylic acids is 1. The van der Waals surface area contributed by atoms with Crippen LogP contribution in [0, 0.1) is 19.7 Å². The van der Waals surface area contributed by atoms with Gasteiger partial charge < -0.3 is 5.32 Å². The fourth-order valence-corrected chi connectivity index (χ4v) is 2.14. The summed E-state index contributed by atoms with van der Waals surface area (Å²) < 4.78 is 13.1. The van der Waals surface area contributed by atoms with Gasteiger partial charge in [-0.3, -0.25) is 4.79 Å². The van der Waals surface area contributed by atoms with Crippen molar-refractivity contribution in [3.8, 4) is 0 Å². The molecule has 0 saturated carbocycles. The number of fused-ring (bicyclic) bond motifs is 1. The van der Waals surface area contributed by atoms with Gasteiger partial charge in [0.1, 0.15) is 5.82 Å². The van der Waals surface area contributed by atoms with Crippen molar-refractivity contribution in [2.24, 2.45) is 0 Å². The molecule has 1 N–H and O–H groups in total. The molecule has 0 aliphatic heterocycles. The minimum atomic E-state index is -0.395. The van der Waals surface area contributed by atoms with Crippen molar-refractivity contribution in [2.45, 2.75) is 13.8 Å². The van der Waals surface area contributed by atoms with Crippen LogP contribution in [0.4, 0.5) is 10.1 Å². The van der Waals surface area contributed by atoms with E-state index in [4.69, 9.17) is 0 Å². The predicted molar refractivity (Wildman–Crippen MR) is 83.4 cm³/mol. The van der Waals surface area contributed by atoms with Crippen LogP contribution in [0.5, 0.6) is 0 Å². The Kier molecular flexibility index (Phi) is 3.55. The van der Waals surface area contributed by atoms with Crippen molar-refractivity contribution in [1.29, 1.82) is 0 Å². The maximum absolute atomic E-state index is 13.1. The number of amides is 1. The molecule has 1 aromatic heterocycles. The molecule has 4 nitrogen and oxygen atoms in total. The molecule has 0 atom stereocenters. The molecule has 0 bridgehead atoms. The van der Waals surface area contributed by atoms with E-state index in [2.05, 4.69) is 15.3 Å². The topological polar surface area (TPSA) is 54.9 Å². The zero-order valence-electron chi connectivity index (χ0n) is 12.2. The average molecular weight is 295 g/mol. The van der Waals surface area contributed by atoms with E-state index >= 15 is 0 Å². The molecule has 0 aliphatic rings. The maximum Gasteiger partial charge on any atom is 0.255 e. The second kappa shape index (κ2) is 5.52. The Balaban J connectivity index is 1.92. The normalized spacial score (nSPS) is 10.7. The molecule has 0 aliphatic carbocycles. The summed E-state index contributed by atoms with van der Waals surface area (Å²) in [6, 6.07) is 10.9. The number of rotatable bonds is 2. The molecule has 0 fully saturated rings. The highest BCUT2D eigenvalue weighted by Crippen LogP contribution is 2.16. The lowest BCUT2D eigenvalue weighted by atomic mass is 10.1. The molecule has 22 heavy (non-hydrogen) atoms. The zero-order valence-corrected chi connectivity index (χ0v) is 12.2. The van der Waals surface area contributed by atoms with E-state index in [0.717, 1.165) is 16.9 Å². The third-order valence-electron chi connectivity index (χ3n) is 3.42. The number of nitrogens with one attached hydrogen (secondary N) is 1. The minimum Gasteiger partial charge on any atom is -0.322 e. The highest BCUT2D eigenvalue weighted by Gasteiger charge is 2.09. The SMILES string of the molecule is Cc1nc2ccc(C(=O)Nc3cccc(F)c3)cc2nc1C. The molecule has 3 rings (SSSR count). The minimum absolute atomic E-state index is 0.312. The van der Waals surface area contributed by atoms with E-state index in [1.807, 2.05) is 13.8 Å². The van der Waals surface area contributed by atoms with E-state index in [0.29, 0.717) is 16.8 Å². The Morgan fingerprint density at radius 2 is 1.73 bits per heavy atom. The number of nitrogens with zero attached hydrogens (tertiary/aromatic N) is 2. The van der Waals surface area contributed by atoms with Gasteiger partial charge in [0.15, 0.2) is 0 Å². The summed E-state index contributed by atoms with van der Waals surface area (Å²) >= 11 is 0. The lowest BCUT2D eigenvalue weighted by Crippen LogP contribution is -2.12. The van der Waals surface area contributed by atoms with Crippen LogP contribution in [-0.4, -0.2) is 15.9 Å². The second-order valence-electron chi connectivity index (χ2n) is 5.06. The molecule has 3 aromatic rings. The summed E-state index contributed by atoms with van der Waals surface area (Å²) in [5, 5.41) is 2.66. The first-order valence-corrected chi connectivity index (χ1v) is 6.85. The quantitative estimate of drug-likeness (QED) is 0.785. The zero-order chi connectivity index (χ0) is 15.7. The summed E-state index contributed by atoms with van der Waals surface area (Å²) in [5.41, 5.74) is 3.96. The third kappa shape index (κ3) is 2.79. The second-order valence-corrected chi connectivity index (χ2v) is 5.06. The van der Waals surface area contributed by atoms with Crippen molar-refractivity contribution >= 4 is 22.6 Å². The van der Waals surface area contributed by atoms with Crippen LogP contribution in [0.25, 0.3) is 11.0 Å². The Labute approximate surface area is 127 Å². The molecule has 0 unspecified atom stereocenters. The van der Waals surface area contributed by atoms with E-state index in [9.17, 15) is 9.18 Å². The van der Waals surface area contributed by atoms with E-state index in [1.165, 1.54) is 12.1 Å². The van der Waals surface area contributed by atoms with Crippen LogP contribution in [0.3, 0.4) is 0 Å². The number of anilines is 1. The number of hydrogen-bond acceptors (Lipinski definition) is 3. The first-order valence-electron chi connectivity index (χ1n) is 6.85. The van der Waals surface area contributed by atoms with E-state index in [1.54, 1.807) is 30.3 Å². The molecule has 0 saturated heterocycles. The lowest BCUT2D eigenvalue weighted by molar-refractivity contribution is 0.102. The molecular weight excluding hydrogens is 281 g/mol. The van der Waals surface area contributed by atoms with Gasteiger partial charge in [-0.2, -0.15) is 0 Å². The molecule has 5 heteroatoms. The molecule has 1 amide bonds. The summed E-state index contributed by atoms with van der Waals surface area (Å²) in [6.07, 6.45) is 0. The fraction of sp³-hybridized carbons (Fsp3) is 0.118. The standard InChI is InChI=1S/C17H14FN3O/c1-10-11(2)20-16-8-12(6-7-15(16)19-10)17(22)21-14-5-3-4-13(18)9-14/h3-9H,1-2H3,(H,21,22). The van der Waals surface area contributed by atoms with Gasteiger partial charge in [0, 0.05) is 11.3 Å². The summed E-state index contributed by atoms with van der Waals surface area (Å²) in [5.74, 6) is -0.708. The molecule has 0 spiro atoms. The lowest BCUT2D eigenvalue weighted by Gasteiger charge is -2.07. The molecule has 1 heterocycles. The van der Waals surface area contributed by atoms with Gasteiger partial charge in [0.25, 0.3) is 5.91 Å². The molecule has 0 radical (unpaired) electrons. The van der Waals surface area contributed by atoms with Crippen molar-refractivity contribution in [3.05, 3.63) is 65.2 Å². The monoisotopic (exact) mass is 295 g/mol. The van der Waals surface area contributed by atoms with Crippen LogP contribution in [0.1, 0.15) is 21.7 Å². The Hall–Kier alpha value is -2.82. The van der Waals surface area contributed by atoms with Crippen molar-refractivity contribution in [1.82, 2.24) is 9.97 Å². The van der Waals surface area contributed by atoms with Crippen LogP contribution in [-0.2, 0) is 0 Å².